The minimum atomic E-state index is 0.585. The average Bonchev–Trinajstić information content (AvgIpc) is 2.49. The van der Waals surface area contributed by atoms with E-state index in [1.165, 1.54) is 11.3 Å². The molecule has 15 heavy (non-hydrogen) atoms. The van der Waals surface area contributed by atoms with Crippen molar-refractivity contribution in [2.45, 2.75) is 40.2 Å². The molecule has 0 saturated heterocycles. The summed E-state index contributed by atoms with van der Waals surface area (Å²) in [7, 11) is 1.99. The average molecular weight is 209 g/mol. The summed E-state index contributed by atoms with van der Waals surface area (Å²) in [5.41, 5.74) is 2.62. The van der Waals surface area contributed by atoms with Crippen molar-refractivity contribution in [2.24, 2.45) is 13.0 Å². The smallest absolute Gasteiger partial charge is 0.0524 e. The second-order valence-corrected chi connectivity index (χ2v) is 4.62. The molecular weight excluding hydrogens is 186 g/mol. The number of aryl methyl sites for hydroxylation is 1. The van der Waals surface area contributed by atoms with Crippen LogP contribution in [0.25, 0.3) is 0 Å². The van der Waals surface area contributed by atoms with Gasteiger partial charge in [-0.15, -0.1) is 0 Å². The zero-order valence-electron chi connectivity index (χ0n) is 10.5. The molecule has 0 amide bonds. The lowest BCUT2D eigenvalue weighted by Crippen LogP contribution is -2.32. The van der Waals surface area contributed by atoms with Crippen molar-refractivity contribution in [3.8, 4) is 0 Å². The van der Waals surface area contributed by atoms with Crippen LogP contribution in [0.2, 0.25) is 0 Å². The number of hydrogen-bond donors (Lipinski definition) is 1. The summed E-state index contributed by atoms with van der Waals surface area (Å²) < 4.78 is 1.93. The first kappa shape index (κ1) is 12.2. The quantitative estimate of drug-likeness (QED) is 0.802. The largest absolute Gasteiger partial charge is 0.314 e. The monoisotopic (exact) mass is 209 g/mol. The van der Waals surface area contributed by atoms with Gasteiger partial charge in [-0.3, -0.25) is 4.68 Å². The Morgan fingerprint density at radius 2 is 2.07 bits per heavy atom. The van der Waals surface area contributed by atoms with Gasteiger partial charge in [0.25, 0.3) is 0 Å². The van der Waals surface area contributed by atoms with Gasteiger partial charge in [-0.25, -0.2) is 0 Å². The highest BCUT2D eigenvalue weighted by atomic mass is 15.3. The molecule has 0 aromatic carbocycles. The van der Waals surface area contributed by atoms with Gasteiger partial charge in [-0.2, -0.15) is 5.10 Å². The molecule has 1 aromatic rings. The molecule has 0 fully saturated rings. The van der Waals surface area contributed by atoms with Gasteiger partial charge in [-0.1, -0.05) is 13.8 Å². The highest BCUT2D eigenvalue weighted by Crippen LogP contribution is 2.06. The van der Waals surface area contributed by atoms with Crippen LogP contribution in [-0.2, 0) is 13.5 Å². The van der Waals surface area contributed by atoms with Crippen molar-refractivity contribution in [3.63, 3.8) is 0 Å². The first-order valence-electron chi connectivity index (χ1n) is 5.73. The molecular formula is C12H23N3. The maximum absolute atomic E-state index is 4.24. The third-order valence-electron chi connectivity index (χ3n) is 3.20. The van der Waals surface area contributed by atoms with E-state index in [0.29, 0.717) is 12.0 Å². The van der Waals surface area contributed by atoms with Gasteiger partial charge in [0.05, 0.1) is 6.20 Å². The molecule has 0 radical (unpaired) electrons. The molecule has 0 aliphatic carbocycles. The third kappa shape index (κ3) is 3.34. The standard InChI is InChI=1S/C12H23N3/c1-9(2)10(3)13-7-6-12-8-14-15(5)11(12)4/h8-10,13H,6-7H2,1-5H3. The Labute approximate surface area is 92.9 Å². The number of nitrogens with zero attached hydrogens (tertiary/aromatic N) is 2. The molecule has 3 nitrogen and oxygen atoms in total. The number of hydrogen-bond acceptors (Lipinski definition) is 2. The Bertz CT molecular complexity index is 302. The fraction of sp³-hybridized carbons (Fsp3) is 0.750. The topological polar surface area (TPSA) is 29.9 Å². The van der Waals surface area contributed by atoms with Crippen molar-refractivity contribution in [3.05, 3.63) is 17.5 Å². The van der Waals surface area contributed by atoms with E-state index in [1.54, 1.807) is 0 Å². The lowest BCUT2D eigenvalue weighted by molar-refractivity contribution is 0.430. The molecule has 1 N–H and O–H groups in total. The van der Waals surface area contributed by atoms with Gasteiger partial charge in [0.15, 0.2) is 0 Å². The molecule has 1 heterocycles. The van der Waals surface area contributed by atoms with Crippen LogP contribution < -0.4 is 5.32 Å². The fourth-order valence-corrected chi connectivity index (χ4v) is 1.46. The van der Waals surface area contributed by atoms with E-state index in [-0.39, 0.29) is 0 Å². The number of rotatable bonds is 5. The predicted octanol–water partition coefficient (Wildman–Crippen LogP) is 1.91. The van der Waals surface area contributed by atoms with Crippen LogP contribution in [-0.4, -0.2) is 22.4 Å². The molecule has 0 aliphatic rings. The van der Waals surface area contributed by atoms with Gasteiger partial charge < -0.3 is 5.32 Å². The maximum Gasteiger partial charge on any atom is 0.0524 e. The Balaban J connectivity index is 2.35. The van der Waals surface area contributed by atoms with Crippen LogP contribution >= 0.6 is 0 Å². The second-order valence-electron chi connectivity index (χ2n) is 4.62. The van der Waals surface area contributed by atoms with Crippen LogP contribution in [0, 0.1) is 12.8 Å². The molecule has 1 atom stereocenters. The van der Waals surface area contributed by atoms with Crippen LogP contribution in [0.4, 0.5) is 0 Å². The summed E-state index contributed by atoms with van der Waals surface area (Å²) in [6.07, 6.45) is 3.04. The molecule has 1 unspecified atom stereocenters. The summed E-state index contributed by atoms with van der Waals surface area (Å²) >= 11 is 0. The molecule has 0 saturated carbocycles. The third-order valence-corrected chi connectivity index (χ3v) is 3.20. The molecule has 0 aliphatic heterocycles. The van der Waals surface area contributed by atoms with Gasteiger partial charge in [0, 0.05) is 18.8 Å². The summed E-state index contributed by atoms with van der Waals surface area (Å²) in [6.45, 7) is 9.88. The van der Waals surface area contributed by atoms with Gasteiger partial charge >= 0.3 is 0 Å². The lowest BCUT2D eigenvalue weighted by Gasteiger charge is -2.17. The van der Waals surface area contributed by atoms with Crippen LogP contribution in [0.15, 0.2) is 6.20 Å². The van der Waals surface area contributed by atoms with Crippen molar-refractivity contribution in [2.75, 3.05) is 6.54 Å². The van der Waals surface area contributed by atoms with Crippen molar-refractivity contribution in [1.82, 2.24) is 15.1 Å². The molecule has 1 rings (SSSR count). The molecule has 3 heteroatoms. The first-order chi connectivity index (χ1) is 7.02. The van der Waals surface area contributed by atoms with Crippen LogP contribution in [0.1, 0.15) is 32.0 Å². The lowest BCUT2D eigenvalue weighted by atomic mass is 10.1. The summed E-state index contributed by atoms with van der Waals surface area (Å²) in [5.74, 6) is 0.694. The van der Waals surface area contributed by atoms with Crippen molar-refractivity contribution < 1.29 is 0 Å². The molecule has 0 bridgehead atoms. The van der Waals surface area contributed by atoms with E-state index in [0.717, 1.165) is 13.0 Å². The van der Waals surface area contributed by atoms with E-state index in [2.05, 4.69) is 38.1 Å². The van der Waals surface area contributed by atoms with Gasteiger partial charge in [-0.05, 0) is 38.3 Å². The fourth-order valence-electron chi connectivity index (χ4n) is 1.46. The van der Waals surface area contributed by atoms with E-state index >= 15 is 0 Å². The first-order valence-corrected chi connectivity index (χ1v) is 5.73. The Morgan fingerprint density at radius 3 is 2.53 bits per heavy atom. The number of aromatic nitrogens is 2. The summed E-state index contributed by atoms with van der Waals surface area (Å²) in [4.78, 5) is 0. The summed E-state index contributed by atoms with van der Waals surface area (Å²) in [6, 6.07) is 0.585. The SMILES string of the molecule is Cc1c(CCNC(C)C(C)C)cnn1C. The van der Waals surface area contributed by atoms with Crippen molar-refractivity contribution >= 4 is 0 Å². The van der Waals surface area contributed by atoms with E-state index < -0.39 is 0 Å². The zero-order chi connectivity index (χ0) is 11.4. The highest BCUT2D eigenvalue weighted by Gasteiger charge is 2.07. The van der Waals surface area contributed by atoms with Gasteiger partial charge in [0.2, 0.25) is 0 Å². The molecule has 86 valence electrons. The van der Waals surface area contributed by atoms with Crippen LogP contribution in [0.5, 0.6) is 0 Å². The van der Waals surface area contributed by atoms with Gasteiger partial charge in [0.1, 0.15) is 0 Å². The predicted molar refractivity (Wildman–Crippen MR) is 64.0 cm³/mol. The van der Waals surface area contributed by atoms with Crippen LogP contribution in [0.3, 0.4) is 0 Å². The van der Waals surface area contributed by atoms with E-state index in [9.17, 15) is 0 Å². The minimum absolute atomic E-state index is 0.585. The molecule has 0 spiro atoms. The van der Waals surface area contributed by atoms with Crippen molar-refractivity contribution in [1.29, 1.82) is 0 Å². The Hall–Kier alpha value is -0.830. The van der Waals surface area contributed by atoms with E-state index in [1.807, 2.05) is 17.9 Å². The normalized spacial score (nSPS) is 13.5. The number of nitrogens with one attached hydrogen (secondary N) is 1. The molecule has 1 aromatic heterocycles. The highest BCUT2D eigenvalue weighted by molar-refractivity contribution is 5.16. The van der Waals surface area contributed by atoms with E-state index in [4.69, 9.17) is 0 Å². The minimum Gasteiger partial charge on any atom is -0.314 e. The second kappa shape index (κ2) is 5.31. The Morgan fingerprint density at radius 1 is 1.40 bits per heavy atom. The maximum atomic E-state index is 4.24. The summed E-state index contributed by atoms with van der Waals surface area (Å²) in [5, 5.41) is 7.77. The Kier molecular flexibility index (Phi) is 4.33. The zero-order valence-corrected chi connectivity index (χ0v) is 10.5.